The molecule has 1 rings (SSSR count). The summed E-state index contributed by atoms with van der Waals surface area (Å²) in [6, 6.07) is 0.930. The number of halogens is 3. The van der Waals surface area contributed by atoms with Crippen molar-refractivity contribution in [3.8, 4) is 0 Å². The molecule has 0 atom stereocenters. The topological polar surface area (TPSA) is 43.1 Å². The quantitative estimate of drug-likeness (QED) is 0.759. The molecule has 0 saturated heterocycles. The molecule has 2 N–H and O–H groups in total. The van der Waals surface area contributed by atoms with Crippen molar-refractivity contribution in [2.75, 3.05) is 6.54 Å². The molecule has 0 aromatic heterocycles. The molecule has 14 heavy (non-hydrogen) atoms. The van der Waals surface area contributed by atoms with Crippen LogP contribution in [0, 0.1) is 17.5 Å². The summed E-state index contributed by atoms with van der Waals surface area (Å²) in [5.74, 6) is -4.20. The maximum absolute atomic E-state index is 12.9. The van der Waals surface area contributed by atoms with Gasteiger partial charge in [0, 0.05) is 18.6 Å². The number of carbonyl (C=O) groups excluding carboxylic acids is 1. The third-order valence-electron chi connectivity index (χ3n) is 1.66. The van der Waals surface area contributed by atoms with Gasteiger partial charge in [-0.2, -0.15) is 0 Å². The Morgan fingerprint density at radius 2 is 1.71 bits per heavy atom. The van der Waals surface area contributed by atoms with Gasteiger partial charge >= 0.3 is 0 Å². The van der Waals surface area contributed by atoms with Crippen molar-refractivity contribution in [2.45, 2.75) is 6.42 Å². The van der Waals surface area contributed by atoms with E-state index in [1.165, 1.54) is 0 Å². The van der Waals surface area contributed by atoms with E-state index in [1.807, 2.05) is 0 Å². The molecule has 1 aromatic rings. The summed E-state index contributed by atoms with van der Waals surface area (Å²) in [4.78, 5) is 11.1. The van der Waals surface area contributed by atoms with Gasteiger partial charge in [-0.15, -0.1) is 0 Å². The zero-order chi connectivity index (χ0) is 10.7. The number of rotatable bonds is 3. The van der Waals surface area contributed by atoms with Gasteiger partial charge < -0.3 is 5.73 Å². The average Bonchev–Trinajstić information content (AvgIpc) is 2.01. The van der Waals surface area contributed by atoms with Gasteiger partial charge in [0.2, 0.25) is 0 Å². The fourth-order valence-corrected chi connectivity index (χ4v) is 1.06. The Bertz CT molecular complexity index is 342. The summed E-state index contributed by atoms with van der Waals surface area (Å²) < 4.78 is 38.3. The largest absolute Gasteiger partial charge is 0.330 e. The summed E-state index contributed by atoms with van der Waals surface area (Å²) in [6.07, 6.45) is -0.167. The Labute approximate surface area is 78.5 Å². The molecule has 0 amide bonds. The first kappa shape index (κ1) is 10.7. The molecule has 0 aliphatic rings. The van der Waals surface area contributed by atoms with Crippen LogP contribution in [0.2, 0.25) is 0 Å². The van der Waals surface area contributed by atoms with Crippen LogP contribution < -0.4 is 5.73 Å². The predicted octanol–water partition coefficient (Wildman–Crippen LogP) is 1.64. The molecule has 2 nitrogen and oxygen atoms in total. The van der Waals surface area contributed by atoms with Crippen LogP contribution in [0.1, 0.15) is 16.8 Å². The Balaban J connectivity index is 3.14. The third-order valence-corrected chi connectivity index (χ3v) is 1.66. The molecule has 5 heteroatoms. The van der Waals surface area contributed by atoms with E-state index in [0.717, 1.165) is 0 Å². The highest BCUT2D eigenvalue weighted by Gasteiger charge is 2.17. The van der Waals surface area contributed by atoms with E-state index in [0.29, 0.717) is 12.1 Å². The van der Waals surface area contributed by atoms with Gasteiger partial charge in [-0.3, -0.25) is 4.79 Å². The van der Waals surface area contributed by atoms with E-state index in [-0.39, 0.29) is 13.0 Å². The van der Waals surface area contributed by atoms with Crippen LogP contribution in [0.5, 0.6) is 0 Å². The highest BCUT2D eigenvalue weighted by molar-refractivity contribution is 5.96. The van der Waals surface area contributed by atoms with Crippen molar-refractivity contribution in [1.82, 2.24) is 0 Å². The molecule has 0 unspecified atom stereocenters. The SMILES string of the molecule is NCCC(=O)c1c(F)cc(F)cc1F. The second kappa shape index (κ2) is 4.23. The molecular weight excluding hydrogens is 195 g/mol. The normalized spacial score (nSPS) is 10.3. The number of benzene rings is 1. The van der Waals surface area contributed by atoms with Crippen LogP contribution in [-0.4, -0.2) is 12.3 Å². The van der Waals surface area contributed by atoms with Gasteiger partial charge in [-0.25, -0.2) is 13.2 Å². The molecule has 0 heterocycles. The van der Waals surface area contributed by atoms with Crippen LogP contribution in [-0.2, 0) is 0 Å². The van der Waals surface area contributed by atoms with E-state index in [9.17, 15) is 18.0 Å². The number of nitrogens with two attached hydrogens (primary N) is 1. The van der Waals surface area contributed by atoms with Crippen molar-refractivity contribution in [3.63, 3.8) is 0 Å². The third kappa shape index (κ3) is 2.11. The second-order valence-corrected chi connectivity index (χ2v) is 2.71. The molecule has 0 radical (unpaired) electrons. The summed E-state index contributed by atoms with van der Waals surface area (Å²) in [7, 11) is 0. The van der Waals surface area contributed by atoms with Gasteiger partial charge in [-0.1, -0.05) is 0 Å². The smallest absolute Gasteiger partial charge is 0.170 e. The Hall–Kier alpha value is -1.36. The summed E-state index contributed by atoms with van der Waals surface area (Å²) in [5.41, 5.74) is 4.33. The molecular formula is C9H8F3NO. The molecule has 0 spiro atoms. The molecule has 0 aliphatic carbocycles. The van der Waals surface area contributed by atoms with Crippen molar-refractivity contribution in [1.29, 1.82) is 0 Å². The van der Waals surface area contributed by atoms with Gasteiger partial charge in [-0.05, 0) is 6.54 Å². The molecule has 0 fully saturated rings. The predicted molar refractivity (Wildman–Crippen MR) is 44.3 cm³/mol. The minimum atomic E-state index is -1.19. The van der Waals surface area contributed by atoms with Crippen LogP contribution in [0.15, 0.2) is 12.1 Å². The summed E-state index contributed by atoms with van der Waals surface area (Å²) in [5, 5.41) is 0. The standard InChI is InChI=1S/C9H8F3NO/c10-5-3-6(11)9(7(12)4-5)8(14)1-2-13/h3-4H,1-2,13H2. The van der Waals surface area contributed by atoms with Gasteiger partial charge in [0.1, 0.15) is 17.5 Å². The minimum Gasteiger partial charge on any atom is -0.330 e. The maximum atomic E-state index is 12.9. The monoisotopic (exact) mass is 203 g/mol. The highest BCUT2D eigenvalue weighted by Crippen LogP contribution is 2.16. The number of carbonyl (C=O) groups is 1. The van der Waals surface area contributed by atoms with Crippen LogP contribution in [0.25, 0.3) is 0 Å². The number of hydrogen-bond acceptors (Lipinski definition) is 2. The molecule has 0 bridgehead atoms. The Morgan fingerprint density at radius 1 is 1.21 bits per heavy atom. The Kier molecular flexibility index (Phi) is 3.24. The van der Waals surface area contributed by atoms with Crippen molar-refractivity contribution in [3.05, 3.63) is 35.1 Å². The minimum absolute atomic E-state index is 0.00487. The molecule has 1 aromatic carbocycles. The van der Waals surface area contributed by atoms with Gasteiger partial charge in [0.25, 0.3) is 0 Å². The number of Topliss-reactive ketones (excluding diaryl/α,β-unsaturated/α-hetero) is 1. The lowest BCUT2D eigenvalue weighted by Crippen LogP contribution is -2.12. The lowest BCUT2D eigenvalue weighted by Gasteiger charge is -2.02. The van der Waals surface area contributed by atoms with E-state index < -0.39 is 28.8 Å². The first-order chi connectivity index (χ1) is 6.56. The number of ketones is 1. The van der Waals surface area contributed by atoms with Crippen LogP contribution >= 0.6 is 0 Å². The number of hydrogen-bond donors (Lipinski definition) is 1. The lowest BCUT2D eigenvalue weighted by molar-refractivity contribution is 0.0977. The first-order valence-corrected chi connectivity index (χ1v) is 3.94. The summed E-state index contributed by atoms with van der Waals surface area (Å²) in [6.45, 7) is -0.00487. The molecule has 0 aliphatic heterocycles. The van der Waals surface area contributed by atoms with E-state index >= 15 is 0 Å². The lowest BCUT2D eigenvalue weighted by atomic mass is 10.1. The van der Waals surface area contributed by atoms with E-state index in [1.54, 1.807) is 0 Å². The Morgan fingerprint density at radius 3 is 2.14 bits per heavy atom. The van der Waals surface area contributed by atoms with Crippen LogP contribution in [0.4, 0.5) is 13.2 Å². The van der Waals surface area contributed by atoms with Gasteiger partial charge in [0.15, 0.2) is 5.78 Å². The zero-order valence-electron chi connectivity index (χ0n) is 7.19. The second-order valence-electron chi connectivity index (χ2n) is 2.71. The first-order valence-electron chi connectivity index (χ1n) is 3.94. The average molecular weight is 203 g/mol. The zero-order valence-corrected chi connectivity index (χ0v) is 7.19. The van der Waals surface area contributed by atoms with Crippen molar-refractivity contribution < 1.29 is 18.0 Å². The fourth-order valence-electron chi connectivity index (χ4n) is 1.06. The molecule has 0 saturated carbocycles. The highest BCUT2D eigenvalue weighted by atomic mass is 19.1. The van der Waals surface area contributed by atoms with Crippen LogP contribution in [0.3, 0.4) is 0 Å². The molecule has 76 valence electrons. The van der Waals surface area contributed by atoms with Crippen molar-refractivity contribution >= 4 is 5.78 Å². The fraction of sp³-hybridized carbons (Fsp3) is 0.222. The summed E-state index contributed by atoms with van der Waals surface area (Å²) >= 11 is 0. The van der Waals surface area contributed by atoms with E-state index in [2.05, 4.69) is 0 Å². The van der Waals surface area contributed by atoms with Gasteiger partial charge in [0.05, 0.1) is 5.56 Å². The van der Waals surface area contributed by atoms with Crippen molar-refractivity contribution in [2.24, 2.45) is 5.73 Å². The van der Waals surface area contributed by atoms with E-state index in [4.69, 9.17) is 5.73 Å². The maximum Gasteiger partial charge on any atom is 0.170 e.